The van der Waals surface area contributed by atoms with E-state index in [1.807, 2.05) is 0 Å². The Morgan fingerprint density at radius 2 is 2.38 bits per heavy atom. The number of rotatable bonds is 3. The molecule has 0 saturated carbocycles. The Morgan fingerprint density at radius 1 is 1.57 bits per heavy atom. The topological polar surface area (TPSA) is 118 Å². The van der Waals surface area contributed by atoms with Crippen molar-refractivity contribution in [2.45, 2.75) is 13.3 Å². The van der Waals surface area contributed by atoms with Gasteiger partial charge in [0.25, 0.3) is 0 Å². The van der Waals surface area contributed by atoms with E-state index in [0.29, 0.717) is 35.7 Å². The number of anilines is 2. The van der Waals surface area contributed by atoms with Crippen molar-refractivity contribution < 1.29 is 9.59 Å². The highest BCUT2D eigenvalue weighted by Crippen LogP contribution is 2.30. The standard InChI is InChI=1S/C12H14N6O2S/c1-6(19)21-4-7-2-8(20)18(3-7)11-9-10(15-5-14-9)16-12(13)17-11/h5,7H,2-4H2,1H3,(H3,13,14,15,16,17). The molecule has 2 aromatic rings. The molecule has 0 aliphatic carbocycles. The molecular weight excluding hydrogens is 292 g/mol. The minimum absolute atomic E-state index is 0.0295. The molecule has 0 aromatic carbocycles. The van der Waals surface area contributed by atoms with Crippen molar-refractivity contribution >= 4 is 45.7 Å². The number of aromatic amines is 1. The molecule has 3 N–H and O–H groups in total. The van der Waals surface area contributed by atoms with Gasteiger partial charge >= 0.3 is 0 Å². The number of hydrogen-bond acceptors (Lipinski definition) is 7. The van der Waals surface area contributed by atoms with Gasteiger partial charge in [0, 0.05) is 25.6 Å². The van der Waals surface area contributed by atoms with Crippen LogP contribution in [0.5, 0.6) is 0 Å². The van der Waals surface area contributed by atoms with Crippen LogP contribution in [0, 0.1) is 5.92 Å². The van der Waals surface area contributed by atoms with E-state index in [9.17, 15) is 9.59 Å². The van der Waals surface area contributed by atoms with E-state index < -0.39 is 0 Å². The molecule has 0 radical (unpaired) electrons. The summed E-state index contributed by atoms with van der Waals surface area (Å²) in [5.74, 6) is 1.26. The molecule has 1 aliphatic heterocycles. The van der Waals surface area contributed by atoms with Crippen molar-refractivity contribution in [2.24, 2.45) is 5.92 Å². The van der Waals surface area contributed by atoms with Crippen LogP contribution in [0.2, 0.25) is 0 Å². The molecule has 1 aliphatic rings. The quantitative estimate of drug-likeness (QED) is 0.851. The zero-order valence-electron chi connectivity index (χ0n) is 11.4. The number of amides is 1. The van der Waals surface area contributed by atoms with Crippen molar-refractivity contribution in [1.82, 2.24) is 19.9 Å². The third-order valence-electron chi connectivity index (χ3n) is 3.27. The van der Waals surface area contributed by atoms with E-state index in [1.54, 1.807) is 4.90 Å². The van der Waals surface area contributed by atoms with Gasteiger partial charge in [-0.1, -0.05) is 11.8 Å². The molecule has 1 amide bonds. The van der Waals surface area contributed by atoms with Crippen LogP contribution in [0.15, 0.2) is 6.33 Å². The number of fused-ring (bicyclic) bond motifs is 1. The summed E-state index contributed by atoms with van der Waals surface area (Å²) in [6.07, 6.45) is 1.89. The minimum atomic E-state index is -0.0295. The summed E-state index contributed by atoms with van der Waals surface area (Å²) in [4.78, 5) is 40.0. The summed E-state index contributed by atoms with van der Waals surface area (Å²) in [6.45, 7) is 2.04. The second-order valence-electron chi connectivity index (χ2n) is 4.88. The lowest BCUT2D eigenvalue weighted by Gasteiger charge is -2.16. The molecule has 21 heavy (non-hydrogen) atoms. The van der Waals surface area contributed by atoms with E-state index >= 15 is 0 Å². The maximum absolute atomic E-state index is 12.2. The predicted octanol–water partition coefficient (Wildman–Crippen LogP) is 0.568. The zero-order valence-corrected chi connectivity index (χ0v) is 12.2. The second-order valence-corrected chi connectivity index (χ2v) is 6.08. The summed E-state index contributed by atoms with van der Waals surface area (Å²) in [7, 11) is 0. The Bertz CT molecular complexity index is 715. The van der Waals surface area contributed by atoms with E-state index in [0.717, 1.165) is 0 Å². The third kappa shape index (κ3) is 2.68. The molecule has 1 saturated heterocycles. The first-order chi connectivity index (χ1) is 10.0. The van der Waals surface area contributed by atoms with Gasteiger partial charge in [0.1, 0.15) is 5.52 Å². The predicted molar refractivity (Wildman–Crippen MR) is 79.7 cm³/mol. The summed E-state index contributed by atoms with van der Waals surface area (Å²) < 4.78 is 0. The van der Waals surface area contributed by atoms with Gasteiger partial charge in [-0.25, -0.2) is 4.98 Å². The van der Waals surface area contributed by atoms with E-state index in [-0.39, 0.29) is 22.9 Å². The molecule has 2 aromatic heterocycles. The monoisotopic (exact) mass is 306 g/mol. The Labute approximate surface area is 124 Å². The maximum Gasteiger partial charge on any atom is 0.228 e. The minimum Gasteiger partial charge on any atom is -0.368 e. The lowest BCUT2D eigenvalue weighted by Crippen LogP contribution is -2.26. The number of nitrogens with one attached hydrogen (secondary N) is 1. The van der Waals surface area contributed by atoms with E-state index in [1.165, 1.54) is 25.0 Å². The summed E-state index contributed by atoms with van der Waals surface area (Å²) >= 11 is 1.24. The van der Waals surface area contributed by atoms with Crippen LogP contribution >= 0.6 is 11.8 Å². The van der Waals surface area contributed by atoms with Crippen molar-refractivity contribution in [2.75, 3.05) is 22.9 Å². The Balaban J connectivity index is 1.87. The lowest BCUT2D eigenvalue weighted by atomic mass is 10.1. The number of carbonyl (C=O) groups is 2. The molecule has 1 unspecified atom stereocenters. The van der Waals surface area contributed by atoms with Gasteiger partial charge in [0.15, 0.2) is 16.6 Å². The highest BCUT2D eigenvalue weighted by Gasteiger charge is 2.33. The molecule has 1 atom stereocenters. The first-order valence-corrected chi connectivity index (χ1v) is 7.43. The average Bonchev–Trinajstić information content (AvgIpc) is 3.01. The van der Waals surface area contributed by atoms with Crippen molar-refractivity contribution in [1.29, 1.82) is 0 Å². The van der Waals surface area contributed by atoms with E-state index in [4.69, 9.17) is 5.73 Å². The second kappa shape index (κ2) is 5.32. The molecular formula is C12H14N6O2S. The van der Waals surface area contributed by atoms with Crippen LogP contribution in [0.25, 0.3) is 11.2 Å². The molecule has 3 heterocycles. The lowest BCUT2D eigenvalue weighted by molar-refractivity contribution is -0.117. The molecule has 1 fully saturated rings. The van der Waals surface area contributed by atoms with Gasteiger partial charge in [-0.05, 0) is 5.92 Å². The number of nitrogen functional groups attached to an aromatic ring is 1. The molecule has 3 rings (SSSR count). The first kappa shape index (κ1) is 13.8. The van der Waals surface area contributed by atoms with Gasteiger partial charge in [0.05, 0.1) is 6.33 Å². The van der Waals surface area contributed by atoms with Gasteiger partial charge in [-0.15, -0.1) is 0 Å². The van der Waals surface area contributed by atoms with Crippen LogP contribution in [-0.4, -0.2) is 43.3 Å². The highest BCUT2D eigenvalue weighted by atomic mass is 32.2. The third-order valence-corrected chi connectivity index (χ3v) is 4.31. The number of imidazole rings is 1. The van der Waals surface area contributed by atoms with Crippen LogP contribution < -0.4 is 10.6 Å². The zero-order chi connectivity index (χ0) is 15.0. The van der Waals surface area contributed by atoms with Crippen molar-refractivity contribution in [3.8, 4) is 0 Å². The number of H-pyrrole nitrogens is 1. The SMILES string of the molecule is CC(=O)SCC1CC(=O)N(c2nc(N)nc3nc[nH]c23)C1. The van der Waals surface area contributed by atoms with Gasteiger partial charge < -0.3 is 10.7 Å². The molecule has 9 heteroatoms. The molecule has 0 spiro atoms. The normalized spacial score (nSPS) is 18.6. The number of nitrogens with zero attached hydrogens (tertiary/aromatic N) is 4. The summed E-state index contributed by atoms with van der Waals surface area (Å²) in [5.41, 5.74) is 6.70. The van der Waals surface area contributed by atoms with Crippen LogP contribution in [0.4, 0.5) is 11.8 Å². The van der Waals surface area contributed by atoms with Crippen LogP contribution in [0.1, 0.15) is 13.3 Å². The number of hydrogen-bond donors (Lipinski definition) is 2. The van der Waals surface area contributed by atoms with Crippen LogP contribution in [-0.2, 0) is 9.59 Å². The Hall–Kier alpha value is -2.16. The summed E-state index contributed by atoms with van der Waals surface area (Å²) in [5, 5.41) is 0.0585. The molecule has 110 valence electrons. The largest absolute Gasteiger partial charge is 0.368 e. The number of aromatic nitrogens is 4. The van der Waals surface area contributed by atoms with Gasteiger partial charge in [-0.2, -0.15) is 9.97 Å². The number of thioether (sulfide) groups is 1. The number of carbonyl (C=O) groups excluding carboxylic acids is 2. The Kier molecular flexibility index (Phi) is 3.50. The Morgan fingerprint density at radius 3 is 3.14 bits per heavy atom. The molecule has 0 bridgehead atoms. The average molecular weight is 306 g/mol. The summed E-state index contributed by atoms with van der Waals surface area (Å²) in [6, 6.07) is 0. The number of nitrogens with two attached hydrogens (primary N) is 1. The van der Waals surface area contributed by atoms with E-state index in [2.05, 4.69) is 19.9 Å². The maximum atomic E-state index is 12.2. The fourth-order valence-corrected chi connectivity index (χ4v) is 3.06. The van der Waals surface area contributed by atoms with Crippen LogP contribution in [0.3, 0.4) is 0 Å². The smallest absolute Gasteiger partial charge is 0.228 e. The van der Waals surface area contributed by atoms with Crippen molar-refractivity contribution in [3.05, 3.63) is 6.33 Å². The van der Waals surface area contributed by atoms with Gasteiger partial charge in [0.2, 0.25) is 11.9 Å². The molecule has 8 nitrogen and oxygen atoms in total. The van der Waals surface area contributed by atoms with Gasteiger partial charge in [-0.3, -0.25) is 14.5 Å². The fraction of sp³-hybridized carbons (Fsp3) is 0.417. The fourth-order valence-electron chi connectivity index (χ4n) is 2.36. The highest BCUT2D eigenvalue weighted by molar-refractivity contribution is 8.13. The van der Waals surface area contributed by atoms with Crippen molar-refractivity contribution in [3.63, 3.8) is 0 Å². The first-order valence-electron chi connectivity index (χ1n) is 6.45.